The van der Waals surface area contributed by atoms with E-state index in [1.807, 2.05) is 39.0 Å². The third-order valence-corrected chi connectivity index (χ3v) is 4.58. The van der Waals surface area contributed by atoms with Crippen LogP contribution in [0.15, 0.2) is 30.3 Å². The zero-order chi connectivity index (χ0) is 21.7. The Balaban J connectivity index is 1.97. The minimum atomic E-state index is -0.524. The molecule has 2 aromatic rings. The molecule has 0 aliphatic rings. The molecule has 154 valence electrons. The van der Waals surface area contributed by atoms with Crippen molar-refractivity contribution in [2.75, 3.05) is 30.8 Å². The summed E-state index contributed by atoms with van der Waals surface area (Å²) < 4.78 is 0. The van der Waals surface area contributed by atoms with Gasteiger partial charge in [-0.1, -0.05) is 12.1 Å². The summed E-state index contributed by atoms with van der Waals surface area (Å²) >= 11 is 0. The second-order valence-electron chi connectivity index (χ2n) is 7.30. The van der Waals surface area contributed by atoms with Crippen molar-refractivity contribution in [1.29, 1.82) is 0 Å². The number of nitrogens with one attached hydrogen (secondary N) is 2. The predicted molar refractivity (Wildman–Crippen MR) is 113 cm³/mol. The van der Waals surface area contributed by atoms with Gasteiger partial charge in [0.05, 0.1) is 18.0 Å². The molecule has 2 N–H and O–H groups in total. The highest BCUT2D eigenvalue weighted by Crippen LogP contribution is 2.27. The number of nitrogens with zero attached hydrogens (tertiary/aromatic N) is 2. The number of hydrogen-bond donors (Lipinski definition) is 2. The average molecular weight is 398 g/mol. The van der Waals surface area contributed by atoms with Crippen LogP contribution in [0.1, 0.15) is 22.3 Å². The molecule has 0 spiro atoms. The molecule has 8 nitrogen and oxygen atoms in total. The summed E-state index contributed by atoms with van der Waals surface area (Å²) in [5.41, 5.74) is 4.33. The van der Waals surface area contributed by atoms with Gasteiger partial charge in [-0.25, -0.2) is 0 Å². The Kier molecular flexibility index (Phi) is 7.06. The van der Waals surface area contributed by atoms with E-state index in [9.17, 15) is 19.7 Å². The van der Waals surface area contributed by atoms with E-state index in [0.717, 1.165) is 27.9 Å². The van der Waals surface area contributed by atoms with Gasteiger partial charge in [0.1, 0.15) is 5.69 Å². The normalized spacial score (nSPS) is 10.7. The van der Waals surface area contributed by atoms with Gasteiger partial charge in [0, 0.05) is 11.8 Å². The van der Waals surface area contributed by atoms with Crippen LogP contribution in [-0.4, -0.2) is 41.8 Å². The maximum atomic E-state index is 12.3. The molecule has 0 bridgehead atoms. The summed E-state index contributed by atoms with van der Waals surface area (Å²) in [6.07, 6.45) is 0. The zero-order valence-corrected chi connectivity index (χ0v) is 17.3. The predicted octanol–water partition coefficient (Wildman–Crippen LogP) is 3.34. The monoisotopic (exact) mass is 398 g/mol. The molecular formula is C21H26N4O4. The molecule has 0 heterocycles. The number of nitro benzene ring substituents is 1. The standard InChI is InChI=1S/C21H26N4O4/c1-13-6-7-14(2)17(8-13)22-20(26)11-24(5)12-21(27)23-18-9-15(3)16(4)10-19(18)25(28)29/h6-10H,11-12H2,1-5H3,(H,22,26)(H,23,27). The van der Waals surface area contributed by atoms with E-state index in [2.05, 4.69) is 10.6 Å². The van der Waals surface area contributed by atoms with Crippen molar-refractivity contribution in [3.63, 3.8) is 0 Å². The number of nitro groups is 1. The van der Waals surface area contributed by atoms with Crippen LogP contribution in [0.3, 0.4) is 0 Å². The molecule has 0 aromatic heterocycles. The van der Waals surface area contributed by atoms with Crippen molar-refractivity contribution in [1.82, 2.24) is 4.90 Å². The van der Waals surface area contributed by atoms with Crippen LogP contribution >= 0.6 is 0 Å². The third kappa shape index (κ3) is 6.11. The number of aryl methyl sites for hydroxylation is 4. The molecule has 0 saturated heterocycles. The summed E-state index contributed by atoms with van der Waals surface area (Å²) in [6.45, 7) is 7.37. The van der Waals surface area contributed by atoms with Crippen LogP contribution in [0.25, 0.3) is 0 Å². The highest BCUT2D eigenvalue weighted by atomic mass is 16.6. The van der Waals surface area contributed by atoms with E-state index in [1.54, 1.807) is 24.9 Å². The van der Waals surface area contributed by atoms with Crippen molar-refractivity contribution in [2.45, 2.75) is 27.7 Å². The topological polar surface area (TPSA) is 105 Å². The van der Waals surface area contributed by atoms with E-state index in [-0.39, 0.29) is 30.4 Å². The second kappa shape index (κ2) is 9.29. The maximum Gasteiger partial charge on any atom is 0.293 e. The van der Waals surface area contributed by atoms with Crippen molar-refractivity contribution in [2.24, 2.45) is 0 Å². The maximum absolute atomic E-state index is 12.3. The number of anilines is 2. The molecule has 0 atom stereocenters. The minimum absolute atomic E-state index is 0.00974. The largest absolute Gasteiger partial charge is 0.325 e. The van der Waals surface area contributed by atoms with Gasteiger partial charge < -0.3 is 10.6 Å². The van der Waals surface area contributed by atoms with Gasteiger partial charge in [0.25, 0.3) is 5.69 Å². The summed E-state index contributed by atoms with van der Waals surface area (Å²) in [5.74, 6) is -0.676. The lowest BCUT2D eigenvalue weighted by Gasteiger charge is -2.17. The molecule has 2 rings (SSSR count). The van der Waals surface area contributed by atoms with Crippen molar-refractivity contribution in [3.8, 4) is 0 Å². The Hall–Kier alpha value is -3.26. The van der Waals surface area contributed by atoms with Crippen LogP contribution in [-0.2, 0) is 9.59 Å². The number of carbonyl (C=O) groups excluding carboxylic acids is 2. The van der Waals surface area contributed by atoms with Crippen LogP contribution in [0.4, 0.5) is 17.1 Å². The van der Waals surface area contributed by atoms with Gasteiger partial charge >= 0.3 is 0 Å². The molecule has 0 fully saturated rings. The first-order valence-corrected chi connectivity index (χ1v) is 9.18. The Labute approximate surface area is 170 Å². The molecule has 29 heavy (non-hydrogen) atoms. The van der Waals surface area contributed by atoms with E-state index in [0.29, 0.717) is 0 Å². The van der Waals surface area contributed by atoms with Gasteiger partial charge in [0.2, 0.25) is 11.8 Å². The lowest BCUT2D eigenvalue weighted by Crippen LogP contribution is -2.36. The first kappa shape index (κ1) is 22.0. The number of carbonyl (C=O) groups is 2. The van der Waals surface area contributed by atoms with E-state index < -0.39 is 10.8 Å². The summed E-state index contributed by atoms with van der Waals surface area (Å²) in [4.78, 5) is 36.9. The zero-order valence-electron chi connectivity index (χ0n) is 17.3. The highest BCUT2D eigenvalue weighted by Gasteiger charge is 2.19. The Bertz CT molecular complexity index is 956. The van der Waals surface area contributed by atoms with Gasteiger partial charge in [-0.15, -0.1) is 0 Å². The number of amides is 2. The minimum Gasteiger partial charge on any atom is -0.325 e. The molecule has 0 radical (unpaired) electrons. The van der Waals surface area contributed by atoms with E-state index in [4.69, 9.17) is 0 Å². The van der Waals surface area contributed by atoms with Crippen molar-refractivity contribution >= 4 is 28.9 Å². The van der Waals surface area contributed by atoms with Crippen LogP contribution in [0.2, 0.25) is 0 Å². The van der Waals surface area contributed by atoms with Crippen molar-refractivity contribution in [3.05, 3.63) is 62.7 Å². The summed E-state index contributed by atoms with van der Waals surface area (Å²) in [7, 11) is 1.64. The van der Waals surface area contributed by atoms with Crippen molar-refractivity contribution < 1.29 is 14.5 Å². The number of rotatable bonds is 7. The van der Waals surface area contributed by atoms with Gasteiger partial charge in [-0.05, 0) is 69.1 Å². The summed E-state index contributed by atoms with van der Waals surface area (Å²) in [6, 6.07) is 8.80. The average Bonchev–Trinajstić information content (AvgIpc) is 2.60. The molecular weight excluding hydrogens is 372 g/mol. The lowest BCUT2D eigenvalue weighted by atomic mass is 10.1. The van der Waals surface area contributed by atoms with Crippen LogP contribution in [0.5, 0.6) is 0 Å². The first-order chi connectivity index (χ1) is 13.6. The quantitative estimate of drug-likeness (QED) is 0.550. The van der Waals surface area contributed by atoms with Gasteiger partial charge in [-0.3, -0.25) is 24.6 Å². The molecule has 0 saturated carbocycles. The number of likely N-dealkylation sites (N-methyl/N-ethyl adjacent to an activating group) is 1. The van der Waals surface area contributed by atoms with E-state index in [1.165, 1.54) is 6.07 Å². The fraction of sp³-hybridized carbons (Fsp3) is 0.333. The second-order valence-corrected chi connectivity index (χ2v) is 7.30. The van der Waals surface area contributed by atoms with Gasteiger partial charge in [-0.2, -0.15) is 0 Å². The molecule has 2 aromatic carbocycles. The fourth-order valence-electron chi connectivity index (χ4n) is 2.85. The molecule has 2 amide bonds. The third-order valence-electron chi connectivity index (χ3n) is 4.58. The Morgan fingerprint density at radius 2 is 1.45 bits per heavy atom. The van der Waals surface area contributed by atoms with Crippen LogP contribution < -0.4 is 10.6 Å². The summed E-state index contributed by atoms with van der Waals surface area (Å²) in [5, 5.41) is 16.7. The van der Waals surface area contributed by atoms with Gasteiger partial charge in [0.15, 0.2) is 0 Å². The Morgan fingerprint density at radius 1 is 0.897 bits per heavy atom. The van der Waals surface area contributed by atoms with Crippen LogP contribution in [0, 0.1) is 37.8 Å². The lowest BCUT2D eigenvalue weighted by molar-refractivity contribution is -0.384. The fourth-order valence-corrected chi connectivity index (χ4v) is 2.85. The molecule has 0 aliphatic heterocycles. The first-order valence-electron chi connectivity index (χ1n) is 9.18. The number of benzene rings is 2. The highest BCUT2D eigenvalue weighted by molar-refractivity contribution is 5.96. The smallest absolute Gasteiger partial charge is 0.293 e. The molecule has 0 aliphatic carbocycles. The Morgan fingerprint density at radius 3 is 2.03 bits per heavy atom. The number of hydrogen-bond acceptors (Lipinski definition) is 5. The SMILES string of the molecule is Cc1ccc(C)c(NC(=O)CN(C)CC(=O)Nc2cc(C)c(C)cc2[N+](=O)[O-])c1. The van der Waals surface area contributed by atoms with E-state index >= 15 is 0 Å². The molecule has 0 unspecified atom stereocenters. The molecule has 8 heteroatoms.